The molecule has 4 nitrogen and oxygen atoms in total. The number of fused-ring (bicyclic) bond motifs is 42. The van der Waals surface area contributed by atoms with Crippen molar-refractivity contribution >= 4 is 0 Å². The average Bonchev–Trinajstić information content (AvgIpc) is 3.15. The summed E-state index contributed by atoms with van der Waals surface area (Å²) in [5.74, 6) is 0. The summed E-state index contributed by atoms with van der Waals surface area (Å²) in [5, 5.41) is 0. The van der Waals surface area contributed by atoms with Gasteiger partial charge in [-0.2, -0.15) is 0 Å². The zero-order chi connectivity index (χ0) is 36.3. The third-order valence-electron chi connectivity index (χ3n) is 13.2. The van der Waals surface area contributed by atoms with Crippen molar-refractivity contribution in [3.05, 3.63) is 0 Å². The highest BCUT2D eigenvalue weighted by Crippen LogP contribution is 2.17. The molecule has 4 saturated heterocycles. The third-order valence-corrected chi connectivity index (χ3v) is 13.2. The molecule has 0 saturated carbocycles. The van der Waals surface area contributed by atoms with E-state index in [1.54, 1.807) is 0 Å². The van der Waals surface area contributed by atoms with Gasteiger partial charge in [0.2, 0.25) is 0 Å². The van der Waals surface area contributed by atoms with Gasteiger partial charge in [-0.25, -0.2) is 0 Å². The van der Waals surface area contributed by atoms with Crippen LogP contribution in [0.15, 0.2) is 0 Å². The molecule has 0 amide bonds. The van der Waals surface area contributed by atoms with E-state index in [9.17, 15) is 0 Å². The van der Waals surface area contributed by atoms with Crippen LogP contribution in [0.25, 0.3) is 0 Å². The van der Waals surface area contributed by atoms with E-state index in [0.29, 0.717) is 0 Å². The van der Waals surface area contributed by atoms with E-state index in [4.69, 9.17) is 0 Å². The van der Waals surface area contributed by atoms with Crippen LogP contribution >= 0.6 is 0 Å². The first-order chi connectivity index (χ1) is 25.9. The average molecular weight is 729 g/mol. The van der Waals surface area contributed by atoms with Crippen LogP contribution in [0.4, 0.5) is 0 Å². The predicted molar refractivity (Wildman–Crippen MR) is 232 cm³/mol. The SMILES string of the molecule is C1CCCCN2CCCCCCCCN3CCCCCCCCN(CCC1)CCCCCCCCN(CCCCCCCC2)CCCCCCCC3. The van der Waals surface area contributed by atoms with Crippen molar-refractivity contribution in [2.24, 2.45) is 0 Å². The molecule has 4 fully saturated rings. The summed E-state index contributed by atoms with van der Waals surface area (Å²) in [4.78, 5) is 11.6. The van der Waals surface area contributed by atoms with Crippen LogP contribution in [0.3, 0.4) is 0 Å². The molecule has 4 rings (SSSR count). The van der Waals surface area contributed by atoms with E-state index in [0.717, 1.165) is 0 Å². The van der Waals surface area contributed by atoms with Crippen molar-refractivity contribution in [3.63, 3.8) is 0 Å². The van der Waals surface area contributed by atoms with Crippen molar-refractivity contribution in [2.45, 2.75) is 231 Å². The Kier molecular flexibility index (Phi) is 31.4. The molecule has 0 radical (unpaired) electrons. The Balaban J connectivity index is 1.65. The Bertz CT molecular complexity index is 514. The molecule has 4 heterocycles. The van der Waals surface area contributed by atoms with E-state index in [1.807, 2.05) is 0 Å². The lowest BCUT2D eigenvalue weighted by Gasteiger charge is -2.23. The maximum Gasteiger partial charge on any atom is -0.00187 e. The number of hydrogen-bond donors (Lipinski definition) is 0. The monoisotopic (exact) mass is 729 g/mol. The lowest BCUT2D eigenvalue weighted by molar-refractivity contribution is 0.250. The number of nitrogens with zero attached hydrogens (tertiary/aromatic N) is 4. The Morgan fingerprint density at radius 3 is 0.269 bits per heavy atom. The molecule has 0 aromatic heterocycles. The molecule has 308 valence electrons. The summed E-state index contributed by atoms with van der Waals surface area (Å²) in [5.41, 5.74) is 0. The van der Waals surface area contributed by atoms with E-state index in [1.165, 1.54) is 310 Å². The van der Waals surface area contributed by atoms with Crippen molar-refractivity contribution in [1.29, 1.82) is 0 Å². The first-order valence-corrected chi connectivity index (χ1v) is 24.8. The second kappa shape index (κ2) is 35.3. The molecule has 4 heteroatoms. The van der Waals surface area contributed by atoms with Gasteiger partial charge in [0, 0.05) is 0 Å². The molecule has 4 bridgehead atoms. The summed E-state index contributed by atoms with van der Waals surface area (Å²) >= 11 is 0. The van der Waals surface area contributed by atoms with Gasteiger partial charge in [-0.05, 0) is 156 Å². The van der Waals surface area contributed by atoms with E-state index in [-0.39, 0.29) is 0 Å². The smallest absolute Gasteiger partial charge is 0.00187 e. The van der Waals surface area contributed by atoms with Crippen LogP contribution in [0.1, 0.15) is 231 Å². The summed E-state index contributed by atoms with van der Waals surface area (Å²) in [6, 6.07) is 0. The molecule has 0 aliphatic carbocycles. The molecular weight excluding hydrogens is 633 g/mol. The molecule has 0 aromatic carbocycles. The highest BCUT2D eigenvalue weighted by Gasteiger charge is 2.10. The van der Waals surface area contributed by atoms with E-state index < -0.39 is 0 Å². The fraction of sp³-hybridized carbons (Fsp3) is 1.00. The number of rotatable bonds is 0. The van der Waals surface area contributed by atoms with Crippen molar-refractivity contribution in [3.8, 4) is 0 Å². The summed E-state index contributed by atoms with van der Waals surface area (Å²) in [6.07, 6.45) is 52.1. The van der Waals surface area contributed by atoms with Gasteiger partial charge in [-0.3, -0.25) is 0 Å². The van der Waals surface area contributed by atoms with Crippen LogP contribution in [0, 0.1) is 0 Å². The summed E-state index contributed by atoms with van der Waals surface area (Å²) in [7, 11) is 0. The summed E-state index contributed by atoms with van der Waals surface area (Å²) in [6.45, 7) is 16.3. The molecule has 4 aliphatic heterocycles. The minimum Gasteiger partial charge on any atom is -0.303 e. The maximum atomic E-state index is 2.89. The van der Waals surface area contributed by atoms with Crippen LogP contribution in [-0.2, 0) is 0 Å². The lowest BCUT2D eigenvalue weighted by Crippen LogP contribution is -2.27. The first-order valence-electron chi connectivity index (χ1n) is 24.8. The van der Waals surface area contributed by atoms with Gasteiger partial charge in [0.1, 0.15) is 0 Å². The van der Waals surface area contributed by atoms with Crippen LogP contribution in [-0.4, -0.2) is 98.1 Å². The van der Waals surface area contributed by atoms with Crippen LogP contribution in [0.2, 0.25) is 0 Å². The lowest BCUT2D eigenvalue weighted by atomic mass is 10.1. The quantitative estimate of drug-likeness (QED) is 0.246. The van der Waals surface area contributed by atoms with Gasteiger partial charge >= 0.3 is 0 Å². The topological polar surface area (TPSA) is 13.0 Å². The molecule has 4 aliphatic rings. The number of hydrogen-bond acceptors (Lipinski definition) is 4. The zero-order valence-corrected chi connectivity index (χ0v) is 35.7. The van der Waals surface area contributed by atoms with E-state index in [2.05, 4.69) is 19.6 Å². The van der Waals surface area contributed by atoms with E-state index >= 15 is 0 Å². The fourth-order valence-electron chi connectivity index (χ4n) is 9.61. The Labute approximate surface area is 328 Å². The van der Waals surface area contributed by atoms with Gasteiger partial charge in [-0.15, -0.1) is 0 Å². The highest BCUT2D eigenvalue weighted by molar-refractivity contribution is 4.66. The van der Waals surface area contributed by atoms with Gasteiger partial charge in [0.15, 0.2) is 0 Å². The largest absolute Gasteiger partial charge is 0.303 e. The molecule has 0 spiro atoms. The molecule has 0 unspecified atom stereocenters. The first kappa shape index (κ1) is 46.2. The second-order valence-electron chi connectivity index (χ2n) is 18.1. The highest BCUT2D eigenvalue weighted by atomic mass is 15.1. The van der Waals surface area contributed by atoms with Gasteiger partial charge in [0.05, 0.1) is 0 Å². The van der Waals surface area contributed by atoms with Crippen LogP contribution in [0.5, 0.6) is 0 Å². The zero-order valence-electron chi connectivity index (χ0n) is 35.7. The normalized spacial score (nSPS) is 30.5. The Hall–Kier alpha value is -0.160. The van der Waals surface area contributed by atoms with Crippen molar-refractivity contribution < 1.29 is 0 Å². The second-order valence-corrected chi connectivity index (χ2v) is 18.1. The molecule has 0 atom stereocenters. The fourth-order valence-corrected chi connectivity index (χ4v) is 9.61. The standard InChI is InChI=1S/C48H96N4/c1-2-14-26-38-50-41-29-17-7-9-21-33-45-51-43-31-19-5-3-15-27-39-49(37-25-13-1)40-28-16-4-6-20-32-44-52(46-34-22-10-8-18-30-42-50)48-36-24-12-11-23-35-47-51/h1-48H2. The van der Waals surface area contributed by atoms with Crippen LogP contribution < -0.4 is 0 Å². The minimum atomic E-state index is 1.36. The molecular formula is C48H96N4. The predicted octanol–water partition coefficient (Wildman–Crippen LogP) is 13.3. The molecule has 0 N–H and O–H groups in total. The maximum absolute atomic E-state index is 2.89. The van der Waals surface area contributed by atoms with Gasteiger partial charge in [0.25, 0.3) is 0 Å². The Morgan fingerprint density at radius 1 is 0.0962 bits per heavy atom. The van der Waals surface area contributed by atoms with Gasteiger partial charge in [-0.1, -0.05) is 154 Å². The van der Waals surface area contributed by atoms with Crippen molar-refractivity contribution in [2.75, 3.05) is 78.5 Å². The molecule has 52 heavy (non-hydrogen) atoms. The van der Waals surface area contributed by atoms with Crippen molar-refractivity contribution in [1.82, 2.24) is 19.6 Å². The molecule has 0 aromatic rings. The third kappa shape index (κ3) is 27.4. The summed E-state index contributed by atoms with van der Waals surface area (Å²) < 4.78 is 0. The minimum absolute atomic E-state index is 1.36. The Morgan fingerprint density at radius 2 is 0.173 bits per heavy atom. The van der Waals surface area contributed by atoms with Gasteiger partial charge < -0.3 is 19.6 Å².